The molecular weight excluding hydrogens is 290 g/mol. The molecule has 6 heteroatoms. The van der Waals surface area contributed by atoms with Gasteiger partial charge in [0.05, 0.1) is 0 Å². The van der Waals surface area contributed by atoms with Crippen molar-refractivity contribution in [1.82, 2.24) is 10.6 Å². The summed E-state index contributed by atoms with van der Waals surface area (Å²) in [6, 6.07) is 6.95. The van der Waals surface area contributed by atoms with Crippen molar-refractivity contribution in [3.05, 3.63) is 29.8 Å². The maximum atomic E-state index is 11.9. The summed E-state index contributed by atoms with van der Waals surface area (Å²) in [7, 11) is 0. The second-order valence-corrected chi connectivity index (χ2v) is 5.46. The molecule has 0 aliphatic carbocycles. The second-order valence-electron chi connectivity index (χ2n) is 5.46. The molecule has 0 unspecified atom stereocenters. The smallest absolute Gasteiger partial charge is 0.251 e. The molecule has 1 aliphatic heterocycles. The van der Waals surface area contributed by atoms with E-state index in [9.17, 15) is 9.59 Å². The van der Waals surface area contributed by atoms with E-state index in [-0.39, 0.29) is 30.1 Å². The Morgan fingerprint density at radius 1 is 1.24 bits per heavy atom. The average molecular weight is 312 g/mol. The first kappa shape index (κ1) is 17.5. The van der Waals surface area contributed by atoms with Gasteiger partial charge in [0.2, 0.25) is 5.91 Å². The Balaban J connectivity index is 0.00000220. The fourth-order valence-corrected chi connectivity index (χ4v) is 1.82. The molecule has 116 valence electrons. The first-order valence-electron chi connectivity index (χ1n) is 6.96. The van der Waals surface area contributed by atoms with Crippen LogP contribution in [-0.4, -0.2) is 31.4 Å². The first-order valence-corrected chi connectivity index (χ1v) is 6.96. The topological polar surface area (TPSA) is 70.2 Å². The molecule has 0 saturated carbocycles. The molecule has 2 amide bonds. The molecule has 1 aromatic rings. The highest BCUT2D eigenvalue weighted by atomic mass is 35.5. The van der Waals surface area contributed by atoms with Crippen LogP contribution in [0.5, 0.6) is 0 Å². The molecule has 2 rings (SSSR count). The lowest BCUT2D eigenvalue weighted by Crippen LogP contribution is -2.48. The molecule has 3 N–H and O–H groups in total. The Labute approximate surface area is 131 Å². The van der Waals surface area contributed by atoms with E-state index in [1.54, 1.807) is 24.3 Å². The predicted molar refractivity (Wildman–Crippen MR) is 85.9 cm³/mol. The second kappa shape index (κ2) is 8.00. The lowest BCUT2D eigenvalue weighted by Gasteiger charge is -2.27. The lowest BCUT2D eigenvalue weighted by atomic mass is 10.0. The van der Waals surface area contributed by atoms with Gasteiger partial charge in [-0.3, -0.25) is 9.59 Å². The highest BCUT2D eigenvalue weighted by Crippen LogP contribution is 2.11. The highest BCUT2D eigenvalue weighted by Gasteiger charge is 2.17. The van der Waals surface area contributed by atoms with Crippen LogP contribution < -0.4 is 16.0 Å². The van der Waals surface area contributed by atoms with Gasteiger partial charge in [-0.2, -0.15) is 0 Å². The molecule has 0 atom stereocenters. The number of hydrogen-bond donors (Lipinski definition) is 3. The Kier molecular flexibility index (Phi) is 6.65. The number of benzene rings is 1. The number of amides is 2. The third-order valence-electron chi connectivity index (χ3n) is 3.36. The van der Waals surface area contributed by atoms with E-state index >= 15 is 0 Å². The number of halogens is 1. The number of rotatable bonds is 5. The summed E-state index contributed by atoms with van der Waals surface area (Å²) in [5.74, 6) is 0.385. The van der Waals surface area contributed by atoms with E-state index in [2.05, 4.69) is 16.0 Å². The number of anilines is 1. The molecular formula is C15H22ClN3O2. The van der Waals surface area contributed by atoms with E-state index < -0.39 is 0 Å². The van der Waals surface area contributed by atoms with Crippen LogP contribution >= 0.6 is 12.4 Å². The van der Waals surface area contributed by atoms with Crippen molar-refractivity contribution >= 4 is 29.9 Å². The molecule has 5 nitrogen and oxygen atoms in total. The van der Waals surface area contributed by atoms with Crippen LogP contribution in [0.2, 0.25) is 0 Å². The van der Waals surface area contributed by atoms with Crippen LogP contribution in [0, 0.1) is 11.8 Å². The number of carbonyl (C=O) groups excluding carboxylic acids is 2. The maximum absolute atomic E-state index is 11.9. The standard InChI is InChI=1S/C15H21N3O2.ClH/c1-10(2)14(19)18-13-5-3-12(4-6-13)15(20)17-9-11-7-16-8-11;/h3-6,10-11,16H,7-9H2,1-2H3,(H,17,20)(H,18,19);1H. The van der Waals surface area contributed by atoms with Gasteiger partial charge in [0.25, 0.3) is 5.91 Å². The van der Waals surface area contributed by atoms with Gasteiger partial charge in [0, 0.05) is 42.7 Å². The average Bonchev–Trinajstić information content (AvgIpc) is 2.37. The molecule has 1 aliphatic rings. The third-order valence-corrected chi connectivity index (χ3v) is 3.36. The predicted octanol–water partition coefficient (Wildman–Crippen LogP) is 1.65. The Morgan fingerprint density at radius 2 is 1.86 bits per heavy atom. The van der Waals surface area contributed by atoms with Crippen LogP contribution in [-0.2, 0) is 4.79 Å². The van der Waals surface area contributed by atoms with Gasteiger partial charge < -0.3 is 16.0 Å². The Bertz CT molecular complexity index is 484. The number of hydrogen-bond acceptors (Lipinski definition) is 3. The van der Waals surface area contributed by atoms with Crippen molar-refractivity contribution in [2.45, 2.75) is 13.8 Å². The van der Waals surface area contributed by atoms with Crippen LogP contribution in [0.1, 0.15) is 24.2 Å². The summed E-state index contributed by atoms with van der Waals surface area (Å²) in [6.45, 7) is 6.33. The molecule has 0 bridgehead atoms. The fraction of sp³-hybridized carbons (Fsp3) is 0.467. The minimum Gasteiger partial charge on any atom is -0.352 e. The van der Waals surface area contributed by atoms with Gasteiger partial charge in [0.15, 0.2) is 0 Å². The fourth-order valence-electron chi connectivity index (χ4n) is 1.82. The van der Waals surface area contributed by atoms with E-state index in [1.165, 1.54) is 0 Å². The van der Waals surface area contributed by atoms with Crippen molar-refractivity contribution in [3.63, 3.8) is 0 Å². The number of nitrogens with one attached hydrogen (secondary N) is 3. The lowest BCUT2D eigenvalue weighted by molar-refractivity contribution is -0.118. The van der Waals surface area contributed by atoms with Crippen LogP contribution in [0.15, 0.2) is 24.3 Å². The molecule has 0 aromatic heterocycles. The molecule has 1 saturated heterocycles. The van der Waals surface area contributed by atoms with Crippen LogP contribution in [0.25, 0.3) is 0 Å². The van der Waals surface area contributed by atoms with Crippen molar-refractivity contribution in [1.29, 1.82) is 0 Å². The Hall–Kier alpha value is -1.59. The summed E-state index contributed by atoms with van der Waals surface area (Å²) in [6.07, 6.45) is 0. The van der Waals surface area contributed by atoms with E-state index in [0.29, 0.717) is 23.7 Å². The van der Waals surface area contributed by atoms with Gasteiger partial charge in [-0.25, -0.2) is 0 Å². The number of carbonyl (C=O) groups is 2. The quantitative estimate of drug-likeness (QED) is 0.774. The van der Waals surface area contributed by atoms with E-state index in [0.717, 1.165) is 13.1 Å². The third kappa shape index (κ3) is 5.02. The minimum atomic E-state index is -0.0707. The van der Waals surface area contributed by atoms with E-state index in [4.69, 9.17) is 0 Å². The molecule has 1 heterocycles. The SMILES string of the molecule is CC(C)C(=O)Nc1ccc(C(=O)NCC2CNC2)cc1.Cl. The Morgan fingerprint density at radius 3 is 2.33 bits per heavy atom. The van der Waals surface area contributed by atoms with Crippen molar-refractivity contribution in [3.8, 4) is 0 Å². The molecule has 0 radical (unpaired) electrons. The van der Waals surface area contributed by atoms with Crippen molar-refractivity contribution in [2.24, 2.45) is 11.8 Å². The van der Waals surface area contributed by atoms with Gasteiger partial charge in [0.1, 0.15) is 0 Å². The zero-order valence-electron chi connectivity index (χ0n) is 12.3. The molecule has 0 spiro atoms. The van der Waals surface area contributed by atoms with Gasteiger partial charge in [-0.1, -0.05) is 13.8 Å². The van der Waals surface area contributed by atoms with Gasteiger partial charge >= 0.3 is 0 Å². The highest BCUT2D eigenvalue weighted by molar-refractivity contribution is 5.96. The van der Waals surface area contributed by atoms with Crippen LogP contribution in [0.4, 0.5) is 5.69 Å². The minimum absolute atomic E-state index is 0. The first-order chi connectivity index (χ1) is 9.56. The monoisotopic (exact) mass is 311 g/mol. The van der Waals surface area contributed by atoms with Gasteiger partial charge in [-0.05, 0) is 24.3 Å². The maximum Gasteiger partial charge on any atom is 0.251 e. The van der Waals surface area contributed by atoms with E-state index in [1.807, 2.05) is 13.8 Å². The summed E-state index contributed by atoms with van der Waals surface area (Å²) >= 11 is 0. The molecule has 1 aromatic carbocycles. The summed E-state index contributed by atoms with van der Waals surface area (Å²) in [5.41, 5.74) is 1.32. The largest absolute Gasteiger partial charge is 0.352 e. The zero-order chi connectivity index (χ0) is 14.5. The normalized spacial score (nSPS) is 14.0. The molecule has 1 fully saturated rings. The van der Waals surface area contributed by atoms with Crippen LogP contribution in [0.3, 0.4) is 0 Å². The summed E-state index contributed by atoms with van der Waals surface area (Å²) in [5, 5.41) is 8.88. The zero-order valence-corrected chi connectivity index (χ0v) is 13.1. The summed E-state index contributed by atoms with van der Waals surface area (Å²) in [4.78, 5) is 23.5. The van der Waals surface area contributed by atoms with Gasteiger partial charge in [-0.15, -0.1) is 12.4 Å². The van der Waals surface area contributed by atoms with Crippen molar-refractivity contribution < 1.29 is 9.59 Å². The summed E-state index contributed by atoms with van der Waals surface area (Å²) < 4.78 is 0. The molecule has 21 heavy (non-hydrogen) atoms. The van der Waals surface area contributed by atoms with Crippen molar-refractivity contribution in [2.75, 3.05) is 25.0 Å².